The predicted molar refractivity (Wildman–Crippen MR) is 87.8 cm³/mol. The van der Waals surface area contributed by atoms with Crippen LogP contribution in [-0.2, 0) is 6.54 Å². The number of hydrogen-bond acceptors (Lipinski definition) is 4. The summed E-state index contributed by atoms with van der Waals surface area (Å²) in [6.45, 7) is 11.2. The van der Waals surface area contributed by atoms with E-state index >= 15 is 0 Å². The van der Waals surface area contributed by atoms with Crippen LogP contribution in [0.3, 0.4) is 0 Å². The third-order valence-electron chi connectivity index (χ3n) is 4.38. The summed E-state index contributed by atoms with van der Waals surface area (Å²) in [6, 6.07) is 8.26. The molecule has 1 fully saturated rings. The number of nitrogens with one attached hydrogen (secondary N) is 1. The molecule has 2 rings (SSSR count). The molecule has 118 valence electrons. The summed E-state index contributed by atoms with van der Waals surface area (Å²) in [5, 5.41) is 3.59. The first kappa shape index (κ1) is 16.3. The SMILES string of the molecule is COc1cccc(CNCC(C)(C)N2CCN(C)CC2)c1. The van der Waals surface area contributed by atoms with Crippen molar-refractivity contribution in [3.63, 3.8) is 0 Å². The van der Waals surface area contributed by atoms with E-state index in [1.807, 2.05) is 12.1 Å². The lowest BCUT2D eigenvalue weighted by atomic mass is 10.0. The van der Waals surface area contributed by atoms with Crippen LogP contribution in [0.1, 0.15) is 19.4 Å². The zero-order chi connectivity index (χ0) is 15.3. The number of methoxy groups -OCH3 is 1. The molecule has 4 nitrogen and oxygen atoms in total. The van der Waals surface area contributed by atoms with Crippen LogP contribution in [0.4, 0.5) is 0 Å². The van der Waals surface area contributed by atoms with Gasteiger partial charge < -0.3 is 15.0 Å². The fourth-order valence-electron chi connectivity index (χ4n) is 2.82. The van der Waals surface area contributed by atoms with Crippen molar-refractivity contribution >= 4 is 0 Å². The van der Waals surface area contributed by atoms with Crippen molar-refractivity contribution in [1.82, 2.24) is 15.1 Å². The Morgan fingerprint density at radius 1 is 1.19 bits per heavy atom. The molecule has 0 bridgehead atoms. The molecule has 0 radical (unpaired) electrons. The van der Waals surface area contributed by atoms with Crippen molar-refractivity contribution in [2.75, 3.05) is 46.9 Å². The van der Waals surface area contributed by atoms with Gasteiger partial charge in [-0.05, 0) is 38.6 Å². The van der Waals surface area contributed by atoms with Crippen molar-refractivity contribution < 1.29 is 4.74 Å². The van der Waals surface area contributed by atoms with Crippen LogP contribution >= 0.6 is 0 Å². The van der Waals surface area contributed by atoms with Crippen LogP contribution in [0.25, 0.3) is 0 Å². The van der Waals surface area contributed by atoms with Gasteiger partial charge in [0.2, 0.25) is 0 Å². The molecule has 21 heavy (non-hydrogen) atoms. The molecule has 1 heterocycles. The molecular weight excluding hydrogens is 262 g/mol. The summed E-state index contributed by atoms with van der Waals surface area (Å²) in [5.74, 6) is 0.924. The van der Waals surface area contributed by atoms with Gasteiger partial charge in [0.05, 0.1) is 7.11 Å². The monoisotopic (exact) mass is 291 g/mol. The summed E-state index contributed by atoms with van der Waals surface area (Å²) in [4.78, 5) is 4.99. The van der Waals surface area contributed by atoms with E-state index in [9.17, 15) is 0 Å². The van der Waals surface area contributed by atoms with Crippen LogP contribution in [0, 0.1) is 0 Å². The van der Waals surface area contributed by atoms with Gasteiger partial charge in [0.25, 0.3) is 0 Å². The Bertz CT molecular complexity index is 439. The van der Waals surface area contributed by atoms with Crippen molar-refractivity contribution in [1.29, 1.82) is 0 Å². The fourth-order valence-corrected chi connectivity index (χ4v) is 2.82. The molecule has 1 aromatic rings. The van der Waals surface area contributed by atoms with E-state index in [1.54, 1.807) is 7.11 Å². The maximum absolute atomic E-state index is 5.27. The van der Waals surface area contributed by atoms with E-state index in [0.717, 1.165) is 31.9 Å². The third-order valence-corrected chi connectivity index (χ3v) is 4.38. The van der Waals surface area contributed by atoms with E-state index in [4.69, 9.17) is 4.74 Å². The van der Waals surface area contributed by atoms with Crippen LogP contribution in [0.15, 0.2) is 24.3 Å². The Kier molecular flexibility index (Phi) is 5.62. The smallest absolute Gasteiger partial charge is 0.119 e. The molecule has 1 saturated heterocycles. The molecule has 0 aliphatic carbocycles. The van der Waals surface area contributed by atoms with Gasteiger partial charge >= 0.3 is 0 Å². The summed E-state index contributed by atoms with van der Waals surface area (Å²) in [7, 11) is 3.91. The first-order valence-electron chi connectivity index (χ1n) is 7.78. The van der Waals surface area contributed by atoms with Crippen molar-refractivity contribution in [3.8, 4) is 5.75 Å². The summed E-state index contributed by atoms with van der Waals surface area (Å²) in [5.41, 5.74) is 1.46. The van der Waals surface area contributed by atoms with E-state index in [0.29, 0.717) is 0 Å². The highest BCUT2D eigenvalue weighted by atomic mass is 16.5. The summed E-state index contributed by atoms with van der Waals surface area (Å²) in [6.07, 6.45) is 0. The second-order valence-electron chi connectivity index (χ2n) is 6.56. The average Bonchev–Trinajstić information content (AvgIpc) is 2.48. The molecule has 1 aromatic carbocycles. The number of ether oxygens (including phenoxy) is 1. The first-order chi connectivity index (χ1) is 10.0. The Morgan fingerprint density at radius 2 is 1.90 bits per heavy atom. The summed E-state index contributed by atoms with van der Waals surface area (Å²) < 4.78 is 5.27. The van der Waals surface area contributed by atoms with Gasteiger partial charge in [-0.15, -0.1) is 0 Å². The zero-order valence-electron chi connectivity index (χ0n) is 13.9. The third kappa shape index (κ3) is 4.70. The van der Waals surface area contributed by atoms with Crippen molar-refractivity contribution in [2.24, 2.45) is 0 Å². The van der Waals surface area contributed by atoms with Crippen molar-refractivity contribution in [2.45, 2.75) is 25.9 Å². The Morgan fingerprint density at radius 3 is 2.57 bits per heavy atom. The zero-order valence-corrected chi connectivity index (χ0v) is 13.9. The lowest BCUT2D eigenvalue weighted by molar-refractivity contribution is 0.0618. The average molecular weight is 291 g/mol. The second kappa shape index (κ2) is 7.25. The molecule has 0 amide bonds. The number of piperazine rings is 1. The van der Waals surface area contributed by atoms with E-state index in [1.165, 1.54) is 18.7 Å². The maximum Gasteiger partial charge on any atom is 0.119 e. The van der Waals surface area contributed by atoms with Crippen LogP contribution in [0.2, 0.25) is 0 Å². The van der Waals surface area contributed by atoms with E-state index in [2.05, 4.69) is 48.1 Å². The Labute approximate surface area is 129 Å². The molecule has 1 aliphatic heterocycles. The Hall–Kier alpha value is -1.10. The molecule has 4 heteroatoms. The molecule has 0 aromatic heterocycles. The van der Waals surface area contributed by atoms with Gasteiger partial charge in [0.15, 0.2) is 0 Å². The highest BCUT2D eigenvalue weighted by Gasteiger charge is 2.28. The highest BCUT2D eigenvalue weighted by molar-refractivity contribution is 5.28. The van der Waals surface area contributed by atoms with Crippen molar-refractivity contribution in [3.05, 3.63) is 29.8 Å². The van der Waals surface area contributed by atoms with Gasteiger partial charge in [0.1, 0.15) is 5.75 Å². The minimum atomic E-state index is 0.195. The quantitative estimate of drug-likeness (QED) is 0.865. The summed E-state index contributed by atoms with van der Waals surface area (Å²) >= 11 is 0. The topological polar surface area (TPSA) is 27.7 Å². The molecule has 1 aliphatic rings. The first-order valence-corrected chi connectivity index (χ1v) is 7.78. The minimum Gasteiger partial charge on any atom is -0.497 e. The largest absolute Gasteiger partial charge is 0.497 e. The number of likely N-dealkylation sites (N-methyl/N-ethyl adjacent to an activating group) is 1. The number of hydrogen-bond donors (Lipinski definition) is 1. The lowest BCUT2D eigenvalue weighted by Crippen LogP contribution is -2.57. The second-order valence-corrected chi connectivity index (χ2v) is 6.56. The molecular formula is C17H29N3O. The highest BCUT2D eigenvalue weighted by Crippen LogP contribution is 2.16. The van der Waals surface area contributed by atoms with E-state index < -0.39 is 0 Å². The molecule has 0 atom stereocenters. The molecule has 0 saturated carbocycles. The standard InChI is InChI=1S/C17H29N3O/c1-17(2,20-10-8-19(3)9-11-20)14-18-13-15-6-5-7-16(12-15)21-4/h5-7,12,18H,8-11,13-14H2,1-4H3. The van der Waals surface area contributed by atoms with Crippen LogP contribution in [-0.4, -0.2) is 62.2 Å². The Balaban J connectivity index is 1.81. The van der Waals surface area contributed by atoms with E-state index in [-0.39, 0.29) is 5.54 Å². The fraction of sp³-hybridized carbons (Fsp3) is 0.647. The van der Waals surface area contributed by atoms with Gasteiger partial charge in [-0.1, -0.05) is 12.1 Å². The van der Waals surface area contributed by atoms with Gasteiger partial charge in [0, 0.05) is 44.8 Å². The van der Waals surface area contributed by atoms with Gasteiger partial charge in [-0.3, -0.25) is 4.90 Å². The van der Waals surface area contributed by atoms with Gasteiger partial charge in [-0.2, -0.15) is 0 Å². The number of nitrogens with zero attached hydrogens (tertiary/aromatic N) is 2. The molecule has 0 spiro atoms. The minimum absolute atomic E-state index is 0.195. The van der Waals surface area contributed by atoms with Crippen LogP contribution in [0.5, 0.6) is 5.75 Å². The lowest BCUT2D eigenvalue weighted by Gasteiger charge is -2.43. The predicted octanol–water partition coefficient (Wildman–Crippen LogP) is 1.81. The molecule has 1 N–H and O–H groups in total. The van der Waals surface area contributed by atoms with Crippen LogP contribution < -0.4 is 10.1 Å². The number of benzene rings is 1. The van der Waals surface area contributed by atoms with Gasteiger partial charge in [-0.25, -0.2) is 0 Å². The normalized spacial score (nSPS) is 17.9. The number of rotatable bonds is 6. The molecule has 0 unspecified atom stereocenters. The maximum atomic E-state index is 5.27.